The maximum atomic E-state index is 4.51. The SMILES string of the molecule is c1cncc(NC2CCCc3cccnc32)c1. The Labute approximate surface area is 101 Å². The van der Waals surface area contributed by atoms with Gasteiger partial charge in [0.25, 0.3) is 0 Å². The molecule has 2 aromatic heterocycles. The molecular formula is C14H15N3. The third kappa shape index (κ3) is 2.13. The Kier molecular flexibility index (Phi) is 2.74. The molecule has 1 atom stereocenters. The normalized spacial score (nSPS) is 18.5. The minimum atomic E-state index is 0.323. The molecule has 0 saturated heterocycles. The molecule has 0 spiro atoms. The largest absolute Gasteiger partial charge is 0.375 e. The van der Waals surface area contributed by atoms with Gasteiger partial charge in [0.1, 0.15) is 0 Å². The smallest absolute Gasteiger partial charge is 0.0688 e. The molecule has 1 aliphatic carbocycles. The minimum Gasteiger partial charge on any atom is -0.375 e. The lowest BCUT2D eigenvalue weighted by atomic mass is 9.92. The minimum absolute atomic E-state index is 0.323. The molecule has 0 amide bonds. The number of nitrogens with one attached hydrogen (secondary N) is 1. The fraction of sp³-hybridized carbons (Fsp3) is 0.286. The molecule has 1 N–H and O–H groups in total. The van der Waals surface area contributed by atoms with Crippen LogP contribution in [0.3, 0.4) is 0 Å². The van der Waals surface area contributed by atoms with Gasteiger partial charge in [-0.25, -0.2) is 0 Å². The van der Waals surface area contributed by atoms with Gasteiger partial charge < -0.3 is 5.32 Å². The van der Waals surface area contributed by atoms with Crippen LogP contribution < -0.4 is 5.32 Å². The number of hydrogen-bond donors (Lipinski definition) is 1. The van der Waals surface area contributed by atoms with Crippen molar-refractivity contribution in [3.8, 4) is 0 Å². The fourth-order valence-corrected chi connectivity index (χ4v) is 2.40. The van der Waals surface area contributed by atoms with E-state index in [0.29, 0.717) is 6.04 Å². The summed E-state index contributed by atoms with van der Waals surface area (Å²) < 4.78 is 0. The van der Waals surface area contributed by atoms with E-state index < -0.39 is 0 Å². The van der Waals surface area contributed by atoms with E-state index in [1.807, 2.05) is 30.6 Å². The van der Waals surface area contributed by atoms with Crippen LogP contribution in [0.15, 0.2) is 42.9 Å². The van der Waals surface area contributed by atoms with E-state index in [1.54, 1.807) is 6.20 Å². The van der Waals surface area contributed by atoms with Crippen LogP contribution in [-0.2, 0) is 6.42 Å². The van der Waals surface area contributed by atoms with Crippen molar-refractivity contribution in [1.29, 1.82) is 0 Å². The zero-order valence-electron chi connectivity index (χ0n) is 9.63. The van der Waals surface area contributed by atoms with E-state index >= 15 is 0 Å². The summed E-state index contributed by atoms with van der Waals surface area (Å²) in [5, 5.41) is 3.51. The molecule has 3 heteroatoms. The van der Waals surface area contributed by atoms with Crippen molar-refractivity contribution in [3.05, 3.63) is 54.1 Å². The van der Waals surface area contributed by atoms with Crippen molar-refractivity contribution >= 4 is 5.69 Å². The maximum Gasteiger partial charge on any atom is 0.0688 e. The van der Waals surface area contributed by atoms with Crippen molar-refractivity contribution in [2.24, 2.45) is 0 Å². The highest BCUT2D eigenvalue weighted by atomic mass is 15.0. The van der Waals surface area contributed by atoms with Crippen LogP contribution in [0.4, 0.5) is 5.69 Å². The van der Waals surface area contributed by atoms with Gasteiger partial charge in [0, 0.05) is 18.6 Å². The summed E-state index contributed by atoms with van der Waals surface area (Å²) >= 11 is 0. The summed E-state index contributed by atoms with van der Waals surface area (Å²) in [7, 11) is 0. The summed E-state index contributed by atoms with van der Waals surface area (Å²) in [6, 6.07) is 8.52. The molecular weight excluding hydrogens is 210 g/mol. The number of aromatic nitrogens is 2. The van der Waals surface area contributed by atoms with Gasteiger partial charge in [-0.1, -0.05) is 6.07 Å². The second-order valence-electron chi connectivity index (χ2n) is 4.38. The van der Waals surface area contributed by atoms with Crippen molar-refractivity contribution in [3.63, 3.8) is 0 Å². The molecule has 2 aromatic rings. The van der Waals surface area contributed by atoms with Gasteiger partial charge in [-0.15, -0.1) is 0 Å². The Balaban J connectivity index is 1.86. The lowest BCUT2D eigenvalue weighted by Gasteiger charge is -2.25. The standard InChI is InChI=1S/C14H15N3/c1-4-11-5-2-9-16-14(11)13(7-1)17-12-6-3-8-15-10-12/h2-3,5-6,8-10,13,17H,1,4,7H2. The topological polar surface area (TPSA) is 37.8 Å². The third-order valence-electron chi connectivity index (χ3n) is 3.20. The van der Waals surface area contributed by atoms with Crippen LogP contribution in [0.1, 0.15) is 30.1 Å². The highest BCUT2D eigenvalue weighted by molar-refractivity contribution is 5.43. The van der Waals surface area contributed by atoms with Gasteiger partial charge in [-0.3, -0.25) is 9.97 Å². The van der Waals surface area contributed by atoms with Crippen LogP contribution in [0.5, 0.6) is 0 Å². The molecule has 0 fully saturated rings. The molecule has 86 valence electrons. The highest BCUT2D eigenvalue weighted by Crippen LogP contribution is 2.30. The monoisotopic (exact) mass is 225 g/mol. The number of hydrogen-bond acceptors (Lipinski definition) is 3. The number of aryl methyl sites for hydroxylation is 1. The highest BCUT2D eigenvalue weighted by Gasteiger charge is 2.20. The predicted molar refractivity (Wildman–Crippen MR) is 67.8 cm³/mol. The first-order valence-corrected chi connectivity index (χ1v) is 6.04. The summed E-state index contributed by atoms with van der Waals surface area (Å²) in [5.74, 6) is 0. The Morgan fingerprint density at radius 3 is 3.00 bits per heavy atom. The molecule has 17 heavy (non-hydrogen) atoms. The van der Waals surface area contributed by atoms with Gasteiger partial charge in [-0.05, 0) is 43.0 Å². The molecule has 0 radical (unpaired) electrons. The maximum absolute atomic E-state index is 4.51. The van der Waals surface area contributed by atoms with Gasteiger partial charge in [-0.2, -0.15) is 0 Å². The number of nitrogens with zero attached hydrogens (tertiary/aromatic N) is 2. The van der Waals surface area contributed by atoms with Crippen LogP contribution in [0.2, 0.25) is 0 Å². The number of fused-ring (bicyclic) bond motifs is 1. The first kappa shape index (κ1) is 10.3. The lowest BCUT2D eigenvalue weighted by Crippen LogP contribution is -2.18. The first-order valence-electron chi connectivity index (χ1n) is 6.04. The van der Waals surface area contributed by atoms with Crippen molar-refractivity contribution in [1.82, 2.24) is 9.97 Å². The number of pyridine rings is 2. The van der Waals surface area contributed by atoms with Crippen LogP contribution in [-0.4, -0.2) is 9.97 Å². The molecule has 1 aliphatic rings. The quantitative estimate of drug-likeness (QED) is 0.853. The van der Waals surface area contributed by atoms with Gasteiger partial charge in [0.05, 0.1) is 17.4 Å². The Morgan fingerprint density at radius 1 is 1.18 bits per heavy atom. The van der Waals surface area contributed by atoms with Crippen molar-refractivity contribution in [2.75, 3.05) is 5.32 Å². The Morgan fingerprint density at radius 2 is 2.12 bits per heavy atom. The van der Waals surface area contributed by atoms with E-state index in [4.69, 9.17) is 0 Å². The van der Waals surface area contributed by atoms with Crippen LogP contribution in [0, 0.1) is 0 Å². The van der Waals surface area contributed by atoms with E-state index in [0.717, 1.165) is 18.5 Å². The first-order chi connectivity index (χ1) is 8.43. The van der Waals surface area contributed by atoms with E-state index in [9.17, 15) is 0 Å². The number of rotatable bonds is 2. The second kappa shape index (κ2) is 4.53. The molecule has 0 aromatic carbocycles. The molecule has 0 bridgehead atoms. The average molecular weight is 225 g/mol. The molecule has 3 rings (SSSR count). The Bertz CT molecular complexity index is 496. The van der Waals surface area contributed by atoms with Crippen LogP contribution in [0.25, 0.3) is 0 Å². The van der Waals surface area contributed by atoms with Gasteiger partial charge >= 0.3 is 0 Å². The van der Waals surface area contributed by atoms with Crippen molar-refractivity contribution < 1.29 is 0 Å². The van der Waals surface area contributed by atoms with E-state index in [1.165, 1.54) is 17.7 Å². The zero-order valence-corrected chi connectivity index (χ0v) is 9.63. The van der Waals surface area contributed by atoms with Crippen molar-refractivity contribution in [2.45, 2.75) is 25.3 Å². The van der Waals surface area contributed by atoms with Gasteiger partial charge in [0.15, 0.2) is 0 Å². The van der Waals surface area contributed by atoms with Crippen LogP contribution >= 0.6 is 0 Å². The molecule has 3 nitrogen and oxygen atoms in total. The average Bonchev–Trinajstić information content (AvgIpc) is 2.40. The van der Waals surface area contributed by atoms with E-state index in [2.05, 4.69) is 21.4 Å². The predicted octanol–water partition coefficient (Wildman–Crippen LogP) is 2.97. The molecule has 0 aliphatic heterocycles. The third-order valence-corrected chi connectivity index (χ3v) is 3.20. The summed E-state index contributed by atoms with van der Waals surface area (Å²) in [4.78, 5) is 8.64. The summed E-state index contributed by atoms with van der Waals surface area (Å²) in [6.07, 6.45) is 9.03. The second-order valence-corrected chi connectivity index (χ2v) is 4.38. The summed E-state index contributed by atoms with van der Waals surface area (Å²) in [5.41, 5.74) is 3.64. The number of anilines is 1. The molecule has 2 heterocycles. The molecule has 0 saturated carbocycles. The molecule has 1 unspecified atom stereocenters. The summed E-state index contributed by atoms with van der Waals surface area (Å²) in [6.45, 7) is 0. The lowest BCUT2D eigenvalue weighted by molar-refractivity contribution is 0.583. The van der Waals surface area contributed by atoms with Gasteiger partial charge in [0.2, 0.25) is 0 Å². The van der Waals surface area contributed by atoms with E-state index in [-0.39, 0.29) is 0 Å². The zero-order chi connectivity index (χ0) is 11.5. The fourth-order valence-electron chi connectivity index (χ4n) is 2.40. The Hall–Kier alpha value is -1.90.